The van der Waals surface area contributed by atoms with Crippen molar-refractivity contribution in [3.05, 3.63) is 6.54 Å². The summed E-state index contributed by atoms with van der Waals surface area (Å²) in [6.07, 6.45) is 1.62. The molecule has 1 heterocycles. The van der Waals surface area contributed by atoms with Crippen molar-refractivity contribution in [3.8, 4) is 0 Å². The van der Waals surface area contributed by atoms with Crippen molar-refractivity contribution in [2.24, 2.45) is 0 Å². The summed E-state index contributed by atoms with van der Waals surface area (Å²) < 4.78 is 0. The smallest absolute Gasteiger partial charge is 0.0825 e. The van der Waals surface area contributed by atoms with E-state index < -0.39 is 5.60 Å². The minimum absolute atomic E-state index is 0.639. The van der Waals surface area contributed by atoms with Gasteiger partial charge >= 0.3 is 0 Å². The Bertz CT molecular complexity index is 85.5. The predicted octanol–water partition coefficient (Wildman–Crippen LogP) is -1.94. The van der Waals surface area contributed by atoms with Crippen LogP contribution in [0.5, 0.6) is 0 Å². The lowest BCUT2D eigenvalue weighted by Gasteiger charge is -2.25. The zero-order valence-corrected chi connectivity index (χ0v) is 3.60. The summed E-state index contributed by atoms with van der Waals surface area (Å²) in [5.41, 5.74) is -0.639. The summed E-state index contributed by atoms with van der Waals surface area (Å²) in [5, 5.41) is 8.74. The van der Waals surface area contributed by atoms with Gasteiger partial charge in [0.2, 0.25) is 0 Å². The van der Waals surface area contributed by atoms with Crippen molar-refractivity contribution in [2.45, 2.75) is 12.5 Å². The minimum atomic E-state index is -0.639. The van der Waals surface area contributed by atoms with E-state index in [2.05, 4.69) is 4.99 Å². The van der Waals surface area contributed by atoms with Crippen LogP contribution >= 0.6 is 0 Å². The monoisotopic (exact) mass is 85.1 g/mol. The molecule has 6 heavy (non-hydrogen) atoms. The molecule has 2 nitrogen and oxygen atoms in total. The average molecular weight is 85.1 g/mol. The molecule has 1 aliphatic heterocycles. The maximum Gasteiger partial charge on any atom is 0.0825 e. The quantitative estimate of drug-likeness (QED) is 0.330. The van der Waals surface area contributed by atoms with E-state index in [-0.39, 0.29) is 0 Å². The van der Waals surface area contributed by atoms with Gasteiger partial charge in [0.05, 0.1) is 5.60 Å². The molecular weight excluding hydrogens is 78.0 g/mol. The molecule has 0 spiro atoms. The van der Waals surface area contributed by atoms with Crippen LogP contribution in [0.2, 0.25) is 0 Å². The van der Waals surface area contributed by atoms with Gasteiger partial charge in [-0.05, 0) is 6.92 Å². The Morgan fingerprint density at radius 1 is 2.00 bits per heavy atom. The fourth-order valence-electron chi connectivity index (χ4n) is 0.325. The topological polar surface area (TPSA) is 34.2 Å². The van der Waals surface area contributed by atoms with Gasteiger partial charge in [-0.3, -0.25) is 0 Å². The normalized spacial score (nSPS) is 41.0. The Balaban J connectivity index is 2.57. The number of nitrogens with one attached hydrogen (secondary N) is 1. The third kappa shape index (κ3) is 0.389. The molecule has 0 aliphatic carbocycles. The number of aliphatic hydroxyl groups is 1. The number of hydrogen-bond donors (Lipinski definition) is 2. The summed E-state index contributed by atoms with van der Waals surface area (Å²) in [6.45, 7) is 3.33. The number of hydrogen-bond acceptors (Lipinski definition) is 1. The van der Waals surface area contributed by atoms with E-state index in [1.165, 1.54) is 0 Å². The predicted molar refractivity (Wildman–Crippen MR) is 22.0 cm³/mol. The van der Waals surface area contributed by atoms with Crippen LogP contribution in [0.25, 0.3) is 0 Å². The van der Waals surface area contributed by atoms with E-state index in [1.807, 2.05) is 0 Å². The standard InChI is InChI=1S/C4H7NO/c1-4(6)2-5-3-4/h2-3,5-6H,1H3. The molecule has 2 N–H and O–H groups in total. The lowest BCUT2D eigenvalue weighted by atomic mass is 10.1. The van der Waals surface area contributed by atoms with Gasteiger partial charge in [0.15, 0.2) is 0 Å². The third-order valence-corrected chi connectivity index (χ3v) is 0.751. The van der Waals surface area contributed by atoms with Crippen molar-refractivity contribution < 1.29 is 10.1 Å². The molecule has 0 aromatic rings. The highest BCUT2D eigenvalue weighted by Crippen LogP contribution is 1.98. The van der Waals surface area contributed by atoms with Crippen LogP contribution in [0.1, 0.15) is 6.92 Å². The van der Waals surface area contributed by atoms with Gasteiger partial charge in [-0.2, -0.15) is 0 Å². The van der Waals surface area contributed by atoms with Crippen LogP contribution in [-0.4, -0.2) is 16.9 Å². The van der Waals surface area contributed by atoms with E-state index in [4.69, 9.17) is 5.11 Å². The zero-order chi connectivity index (χ0) is 4.62. The fraction of sp³-hybridized carbons (Fsp3) is 0.500. The van der Waals surface area contributed by atoms with Crippen LogP contribution in [0.15, 0.2) is 0 Å². The third-order valence-electron chi connectivity index (χ3n) is 0.751. The molecule has 0 saturated heterocycles. The second-order valence-electron chi connectivity index (χ2n) is 1.68. The van der Waals surface area contributed by atoms with Crippen LogP contribution in [0, 0.1) is 6.54 Å². The molecule has 1 atom stereocenters. The van der Waals surface area contributed by atoms with E-state index in [9.17, 15) is 0 Å². The molecule has 0 amide bonds. The Morgan fingerprint density at radius 2 is 2.33 bits per heavy atom. The van der Waals surface area contributed by atoms with E-state index in [1.54, 1.807) is 19.7 Å². The first-order valence-corrected chi connectivity index (χ1v) is 1.88. The fourth-order valence-corrected chi connectivity index (χ4v) is 0.325. The second kappa shape index (κ2) is 0.763. The lowest BCUT2D eigenvalue weighted by molar-refractivity contribution is -0.460. The highest BCUT2D eigenvalue weighted by Gasteiger charge is 2.18. The van der Waals surface area contributed by atoms with Crippen molar-refractivity contribution in [1.82, 2.24) is 0 Å². The highest BCUT2D eigenvalue weighted by atomic mass is 16.3. The SMILES string of the molecule is CC1(O)C=[NH+][CH-]1. The van der Waals surface area contributed by atoms with E-state index in [0.29, 0.717) is 0 Å². The second-order valence-corrected chi connectivity index (χ2v) is 1.68. The van der Waals surface area contributed by atoms with Gasteiger partial charge in [-0.25, -0.2) is 0 Å². The summed E-state index contributed by atoms with van der Waals surface area (Å²) in [4.78, 5) is 2.70. The summed E-state index contributed by atoms with van der Waals surface area (Å²) in [7, 11) is 0. The summed E-state index contributed by atoms with van der Waals surface area (Å²) in [5.74, 6) is 0. The molecule has 34 valence electrons. The molecule has 0 aromatic carbocycles. The maximum absolute atomic E-state index is 8.74. The number of rotatable bonds is 0. The van der Waals surface area contributed by atoms with Crippen molar-refractivity contribution in [3.63, 3.8) is 0 Å². The Hall–Kier alpha value is -0.500. The van der Waals surface area contributed by atoms with Gasteiger partial charge in [-0.1, -0.05) is 0 Å². The molecule has 2 heteroatoms. The molecule has 0 aromatic heterocycles. The highest BCUT2D eigenvalue weighted by molar-refractivity contribution is 5.67. The van der Waals surface area contributed by atoms with Crippen LogP contribution in [0.3, 0.4) is 0 Å². The average Bonchev–Trinajstić information content (AvgIpc) is 1.32. The van der Waals surface area contributed by atoms with Gasteiger partial charge in [-0.15, -0.1) is 0 Å². The summed E-state index contributed by atoms with van der Waals surface area (Å²) >= 11 is 0. The first-order valence-electron chi connectivity index (χ1n) is 1.88. The maximum atomic E-state index is 8.74. The molecule has 1 aliphatic rings. The van der Waals surface area contributed by atoms with Crippen LogP contribution < -0.4 is 4.99 Å². The zero-order valence-electron chi connectivity index (χ0n) is 3.60. The molecular formula is C4H7NO. The molecule has 0 saturated carbocycles. The van der Waals surface area contributed by atoms with Crippen molar-refractivity contribution >= 4 is 6.21 Å². The lowest BCUT2D eigenvalue weighted by Crippen LogP contribution is -2.82. The largest absolute Gasteiger partial charge is 0.406 e. The first-order chi connectivity index (χ1) is 2.71. The first kappa shape index (κ1) is 3.68. The molecule has 1 rings (SSSR count). The molecule has 0 radical (unpaired) electrons. The van der Waals surface area contributed by atoms with Gasteiger partial charge in [0.1, 0.15) is 0 Å². The van der Waals surface area contributed by atoms with Gasteiger partial charge in [0.25, 0.3) is 0 Å². The van der Waals surface area contributed by atoms with Crippen molar-refractivity contribution in [2.75, 3.05) is 0 Å². The molecule has 1 unspecified atom stereocenters. The molecule has 0 fully saturated rings. The van der Waals surface area contributed by atoms with E-state index in [0.717, 1.165) is 0 Å². The van der Waals surface area contributed by atoms with Crippen LogP contribution in [0.4, 0.5) is 0 Å². The minimum Gasteiger partial charge on any atom is -0.406 e. The molecule has 0 bridgehead atoms. The Morgan fingerprint density at radius 3 is 2.33 bits per heavy atom. The summed E-state index contributed by atoms with van der Waals surface area (Å²) in [6, 6.07) is 0. The van der Waals surface area contributed by atoms with Gasteiger partial charge in [0, 0.05) is 12.8 Å². The van der Waals surface area contributed by atoms with Crippen molar-refractivity contribution in [1.29, 1.82) is 0 Å². The Labute approximate surface area is 36.5 Å². The Kier molecular flexibility index (Phi) is 0.468. The van der Waals surface area contributed by atoms with E-state index >= 15 is 0 Å². The van der Waals surface area contributed by atoms with Crippen LogP contribution in [-0.2, 0) is 0 Å². The van der Waals surface area contributed by atoms with Gasteiger partial charge < -0.3 is 10.1 Å².